The quantitative estimate of drug-likeness (QED) is 0.891. The van der Waals surface area contributed by atoms with E-state index in [1.165, 1.54) is 5.56 Å². The van der Waals surface area contributed by atoms with E-state index >= 15 is 0 Å². The number of piperazine rings is 1. The zero-order valence-corrected chi connectivity index (χ0v) is 14.0. The van der Waals surface area contributed by atoms with Crippen LogP contribution in [0.4, 0.5) is 0 Å². The average molecular weight is 343 g/mol. The summed E-state index contributed by atoms with van der Waals surface area (Å²) in [5, 5.41) is 3.37. The molecule has 1 aromatic rings. The number of benzene rings is 1. The van der Waals surface area contributed by atoms with Gasteiger partial charge in [-0.3, -0.25) is 4.90 Å². The molecule has 0 aliphatic carbocycles. The fourth-order valence-electron chi connectivity index (χ4n) is 2.37. The normalized spacial score (nSPS) is 16.4. The van der Waals surface area contributed by atoms with E-state index in [1.807, 2.05) is 19.9 Å². The molecule has 0 unspecified atom stereocenters. The molecule has 4 nitrogen and oxygen atoms in total. The summed E-state index contributed by atoms with van der Waals surface area (Å²) in [4.78, 5) is 2.44. The van der Waals surface area contributed by atoms with Gasteiger partial charge in [-0.05, 0) is 26.0 Å². The van der Waals surface area contributed by atoms with Gasteiger partial charge in [-0.1, -0.05) is 15.9 Å². The first-order chi connectivity index (χ1) is 9.60. The Kier molecular flexibility index (Phi) is 5.69. The molecule has 0 aromatic heterocycles. The Bertz CT molecular complexity index is 446. The van der Waals surface area contributed by atoms with E-state index in [4.69, 9.17) is 9.47 Å². The van der Waals surface area contributed by atoms with Crippen LogP contribution in [-0.2, 0) is 6.54 Å². The number of methoxy groups -OCH3 is 1. The van der Waals surface area contributed by atoms with E-state index in [9.17, 15) is 0 Å². The number of hydrogen-bond donors (Lipinski definition) is 1. The van der Waals surface area contributed by atoms with Crippen molar-refractivity contribution >= 4 is 15.9 Å². The van der Waals surface area contributed by atoms with Gasteiger partial charge in [0.1, 0.15) is 0 Å². The Morgan fingerprint density at radius 1 is 1.30 bits per heavy atom. The van der Waals surface area contributed by atoms with Crippen molar-refractivity contribution in [3.63, 3.8) is 0 Å². The first kappa shape index (κ1) is 15.6. The zero-order valence-electron chi connectivity index (χ0n) is 12.4. The van der Waals surface area contributed by atoms with Gasteiger partial charge < -0.3 is 14.8 Å². The Hall–Kier alpha value is -0.780. The maximum atomic E-state index is 5.98. The lowest BCUT2D eigenvalue weighted by atomic mass is 10.1. The Labute approximate surface area is 129 Å². The summed E-state index contributed by atoms with van der Waals surface area (Å²) in [6.07, 6.45) is 0.131. The third kappa shape index (κ3) is 4.11. The molecular weight excluding hydrogens is 320 g/mol. The predicted molar refractivity (Wildman–Crippen MR) is 84.6 cm³/mol. The van der Waals surface area contributed by atoms with Crippen molar-refractivity contribution in [2.75, 3.05) is 33.3 Å². The molecule has 20 heavy (non-hydrogen) atoms. The molecule has 1 aliphatic heterocycles. The highest BCUT2D eigenvalue weighted by atomic mass is 79.9. The minimum Gasteiger partial charge on any atom is -0.493 e. The number of halogens is 1. The predicted octanol–water partition coefficient (Wildman–Crippen LogP) is 2.65. The van der Waals surface area contributed by atoms with Crippen molar-refractivity contribution in [3.05, 3.63) is 22.2 Å². The Morgan fingerprint density at radius 2 is 2.00 bits per heavy atom. The molecule has 0 atom stereocenters. The van der Waals surface area contributed by atoms with Gasteiger partial charge >= 0.3 is 0 Å². The van der Waals surface area contributed by atoms with Gasteiger partial charge in [-0.25, -0.2) is 0 Å². The molecule has 5 heteroatoms. The molecule has 0 amide bonds. The van der Waals surface area contributed by atoms with E-state index in [0.717, 1.165) is 48.7 Å². The molecule has 1 fully saturated rings. The van der Waals surface area contributed by atoms with Crippen LogP contribution in [0.25, 0.3) is 0 Å². The lowest BCUT2D eigenvalue weighted by Gasteiger charge is -2.28. The molecule has 0 bridgehead atoms. The van der Waals surface area contributed by atoms with Crippen LogP contribution >= 0.6 is 15.9 Å². The molecule has 1 N–H and O–H groups in total. The minimum absolute atomic E-state index is 0.131. The van der Waals surface area contributed by atoms with Crippen LogP contribution in [0, 0.1) is 0 Å². The monoisotopic (exact) mass is 342 g/mol. The third-order valence-corrected chi connectivity index (χ3v) is 3.73. The summed E-state index contributed by atoms with van der Waals surface area (Å²) < 4.78 is 12.5. The lowest BCUT2D eigenvalue weighted by Crippen LogP contribution is -2.42. The first-order valence-corrected chi connectivity index (χ1v) is 7.85. The Balaban J connectivity index is 2.25. The van der Waals surface area contributed by atoms with Crippen LogP contribution in [0.3, 0.4) is 0 Å². The molecule has 0 radical (unpaired) electrons. The van der Waals surface area contributed by atoms with Crippen LogP contribution in [0.2, 0.25) is 0 Å². The van der Waals surface area contributed by atoms with Gasteiger partial charge in [0.15, 0.2) is 11.5 Å². The van der Waals surface area contributed by atoms with Crippen molar-refractivity contribution in [1.82, 2.24) is 10.2 Å². The van der Waals surface area contributed by atoms with E-state index in [2.05, 4.69) is 32.2 Å². The van der Waals surface area contributed by atoms with Crippen molar-refractivity contribution in [1.29, 1.82) is 0 Å². The number of ether oxygens (including phenoxy) is 2. The van der Waals surface area contributed by atoms with E-state index < -0.39 is 0 Å². The number of nitrogens with zero attached hydrogens (tertiary/aromatic N) is 1. The van der Waals surface area contributed by atoms with Crippen molar-refractivity contribution in [2.24, 2.45) is 0 Å². The molecule has 112 valence electrons. The van der Waals surface area contributed by atoms with Crippen LogP contribution in [0.1, 0.15) is 19.4 Å². The van der Waals surface area contributed by atoms with Gasteiger partial charge in [0.25, 0.3) is 0 Å². The maximum Gasteiger partial charge on any atom is 0.166 e. The van der Waals surface area contributed by atoms with Crippen LogP contribution in [-0.4, -0.2) is 44.3 Å². The molecule has 1 aromatic carbocycles. The van der Waals surface area contributed by atoms with Crippen molar-refractivity contribution in [3.8, 4) is 11.5 Å². The molecule has 0 spiro atoms. The van der Waals surface area contributed by atoms with Crippen molar-refractivity contribution in [2.45, 2.75) is 26.5 Å². The second kappa shape index (κ2) is 7.29. The van der Waals surface area contributed by atoms with Gasteiger partial charge in [0.2, 0.25) is 0 Å². The minimum atomic E-state index is 0.131. The number of rotatable bonds is 5. The summed E-state index contributed by atoms with van der Waals surface area (Å²) in [7, 11) is 1.68. The lowest BCUT2D eigenvalue weighted by molar-refractivity contribution is 0.208. The molecule has 0 saturated carbocycles. The maximum absolute atomic E-state index is 5.98. The zero-order chi connectivity index (χ0) is 14.5. The number of hydrogen-bond acceptors (Lipinski definition) is 4. The van der Waals surface area contributed by atoms with Crippen LogP contribution < -0.4 is 14.8 Å². The summed E-state index contributed by atoms with van der Waals surface area (Å²) in [6, 6.07) is 4.08. The highest BCUT2D eigenvalue weighted by molar-refractivity contribution is 9.10. The Morgan fingerprint density at radius 3 is 2.60 bits per heavy atom. The summed E-state index contributed by atoms with van der Waals surface area (Å²) in [5.41, 5.74) is 1.17. The average Bonchev–Trinajstić information content (AvgIpc) is 2.42. The molecule has 1 saturated heterocycles. The first-order valence-electron chi connectivity index (χ1n) is 7.06. The molecule has 1 aliphatic rings. The van der Waals surface area contributed by atoms with Gasteiger partial charge in [0.05, 0.1) is 13.2 Å². The topological polar surface area (TPSA) is 33.7 Å². The molecular formula is C15H23BrN2O2. The largest absolute Gasteiger partial charge is 0.493 e. The third-order valence-electron chi connectivity index (χ3n) is 3.27. The standard InChI is InChI=1S/C15H23BrN2O2/c1-11(2)20-15-12(8-13(16)9-14(15)19-3)10-18-6-4-17-5-7-18/h8-9,11,17H,4-7,10H2,1-3H3. The molecule has 2 rings (SSSR count). The van der Waals surface area contributed by atoms with E-state index in [1.54, 1.807) is 7.11 Å². The smallest absolute Gasteiger partial charge is 0.166 e. The fourth-order valence-corrected chi connectivity index (χ4v) is 2.86. The van der Waals surface area contributed by atoms with E-state index in [0.29, 0.717) is 0 Å². The number of nitrogens with one attached hydrogen (secondary N) is 1. The van der Waals surface area contributed by atoms with Gasteiger partial charge in [-0.15, -0.1) is 0 Å². The van der Waals surface area contributed by atoms with Gasteiger partial charge in [0, 0.05) is 42.8 Å². The highest BCUT2D eigenvalue weighted by Gasteiger charge is 2.18. The SMILES string of the molecule is COc1cc(Br)cc(CN2CCNCC2)c1OC(C)C. The summed E-state index contributed by atoms with van der Waals surface area (Å²) >= 11 is 3.55. The van der Waals surface area contributed by atoms with Crippen LogP contribution in [0.5, 0.6) is 11.5 Å². The molecule has 1 heterocycles. The van der Waals surface area contributed by atoms with Crippen LogP contribution in [0.15, 0.2) is 16.6 Å². The second-order valence-electron chi connectivity index (χ2n) is 5.29. The highest BCUT2D eigenvalue weighted by Crippen LogP contribution is 2.36. The van der Waals surface area contributed by atoms with Gasteiger partial charge in [-0.2, -0.15) is 0 Å². The fraction of sp³-hybridized carbons (Fsp3) is 0.600. The van der Waals surface area contributed by atoms with E-state index in [-0.39, 0.29) is 6.10 Å². The second-order valence-corrected chi connectivity index (χ2v) is 6.20. The van der Waals surface area contributed by atoms with Crippen molar-refractivity contribution < 1.29 is 9.47 Å². The summed E-state index contributed by atoms with van der Waals surface area (Å²) in [5.74, 6) is 1.66. The summed E-state index contributed by atoms with van der Waals surface area (Å²) in [6.45, 7) is 9.19.